The Bertz CT molecular complexity index is 655. The summed E-state index contributed by atoms with van der Waals surface area (Å²) in [5.41, 5.74) is 1.07. The first-order valence-electron chi connectivity index (χ1n) is 5.66. The lowest BCUT2D eigenvalue weighted by molar-refractivity contribution is -0.384. The van der Waals surface area contributed by atoms with E-state index in [9.17, 15) is 14.9 Å². The van der Waals surface area contributed by atoms with Gasteiger partial charge in [-0.05, 0) is 30.3 Å². The van der Waals surface area contributed by atoms with E-state index in [0.717, 1.165) is 0 Å². The third-order valence-corrected chi connectivity index (χ3v) is 2.84. The smallest absolute Gasteiger partial charge is 0.335 e. The standard InChI is InChI=1S/C13H11N3O4/c1-15(10-4-2-9(3-5-10)13(17)18)11-6-7-14-8-12(11)16(19)20/h2-8H,1H3,(H,17,18). The van der Waals surface area contributed by atoms with Gasteiger partial charge in [0.25, 0.3) is 0 Å². The summed E-state index contributed by atoms with van der Waals surface area (Å²) in [6.07, 6.45) is 2.64. The number of carboxylic acid groups (broad SMARTS) is 1. The van der Waals surface area contributed by atoms with Gasteiger partial charge in [-0.15, -0.1) is 0 Å². The summed E-state index contributed by atoms with van der Waals surface area (Å²) in [4.78, 5) is 26.6. The molecule has 0 atom stereocenters. The number of hydrogen-bond donors (Lipinski definition) is 1. The van der Waals surface area contributed by atoms with Gasteiger partial charge in [0, 0.05) is 18.9 Å². The van der Waals surface area contributed by atoms with Gasteiger partial charge in [-0.3, -0.25) is 15.1 Å². The molecule has 0 fully saturated rings. The summed E-state index contributed by atoms with van der Waals surface area (Å²) in [6.45, 7) is 0. The molecule has 0 aliphatic heterocycles. The molecular formula is C13H11N3O4. The van der Waals surface area contributed by atoms with Crippen LogP contribution in [0.25, 0.3) is 0 Å². The topological polar surface area (TPSA) is 96.6 Å². The zero-order chi connectivity index (χ0) is 14.7. The van der Waals surface area contributed by atoms with E-state index in [1.54, 1.807) is 24.1 Å². The van der Waals surface area contributed by atoms with Crippen LogP contribution in [0.15, 0.2) is 42.7 Å². The summed E-state index contributed by atoms with van der Waals surface area (Å²) >= 11 is 0. The Morgan fingerprint density at radius 3 is 2.50 bits per heavy atom. The van der Waals surface area contributed by atoms with Crippen molar-refractivity contribution in [1.29, 1.82) is 0 Å². The van der Waals surface area contributed by atoms with E-state index in [0.29, 0.717) is 11.4 Å². The summed E-state index contributed by atoms with van der Waals surface area (Å²) in [6, 6.07) is 7.60. The molecule has 0 bridgehead atoms. The lowest BCUT2D eigenvalue weighted by atomic mass is 10.2. The number of pyridine rings is 1. The Hall–Kier alpha value is -2.96. The minimum absolute atomic E-state index is 0.114. The van der Waals surface area contributed by atoms with E-state index in [1.165, 1.54) is 30.6 Å². The highest BCUT2D eigenvalue weighted by molar-refractivity contribution is 5.88. The minimum atomic E-state index is -1.02. The number of nitrogens with zero attached hydrogens (tertiary/aromatic N) is 3. The van der Waals surface area contributed by atoms with Crippen LogP contribution in [0.2, 0.25) is 0 Å². The molecule has 0 saturated carbocycles. The van der Waals surface area contributed by atoms with Crippen molar-refractivity contribution in [3.8, 4) is 0 Å². The van der Waals surface area contributed by atoms with Crippen LogP contribution in [0, 0.1) is 10.1 Å². The highest BCUT2D eigenvalue weighted by Crippen LogP contribution is 2.31. The Labute approximate surface area is 114 Å². The highest BCUT2D eigenvalue weighted by atomic mass is 16.6. The number of carboxylic acids is 1. The fraction of sp³-hybridized carbons (Fsp3) is 0.0769. The van der Waals surface area contributed by atoms with Gasteiger partial charge in [0.1, 0.15) is 11.9 Å². The van der Waals surface area contributed by atoms with Crippen LogP contribution in [0.1, 0.15) is 10.4 Å². The third-order valence-electron chi connectivity index (χ3n) is 2.84. The minimum Gasteiger partial charge on any atom is -0.478 e. The summed E-state index contributed by atoms with van der Waals surface area (Å²) in [5, 5.41) is 19.8. The molecular weight excluding hydrogens is 262 g/mol. The maximum Gasteiger partial charge on any atom is 0.335 e. The average molecular weight is 273 g/mol. The number of aromatic carboxylic acids is 1. The van der Waals surface area contributed by atoms with E-state index in [1.807, 2.05) is 0 Å². The first kappa shape index (κ1) is 13.5. The van der Waals surface area contributed by atoms with Gasteiger partial charge in [-0.25, -0.2) is 4.79 Å². The molecule has 2 aromatic rings. The van der Waals surface area contributed by atoms with Crippen molar-refractivity contribution in [3.63, 3.8) is 0 Å². The first-order valence-corrected chi connectivity index (χ1v) is 5.66. The fourth-order valence-corrected chi connectivity index (χ4v) is 1.77. The number of benzene rings is 1. The molecule has 0 amide bonds. The van der Waals surface area contributed by atoms with Gasteiger partial charge >= 0.3 is 11.7 Å². The van der Waals surface area contributed by atoms with Crippen LogP contribution >= 0.6 is 0 Å². The fourth-order valence-electron chi connectivity index (χ4n) is 1.77. The normalized spacial score (nSPS) is 10.1. The van der Waals surface area contributed by atoms with Crippen LogP contribution in [0.3, 0.4) is 0 Å². The van der Waals surface area contributed by atoms with E-state index in [2.05, 4.69) is 4.98 Å². The number of hydrogen-bond acceptors (Lipinski definition) is 5. The summed E-state index contributed by atoms with van der Waals surface area (Å²) in [7, 11) is 1.66. The molecule has 102 valence electrons. The summed E-state index contributed by atoms with van der Waals surface area (Å²) < 4.78 is 0. The van der Waals surface area contributed by atoms with Crippen molar-refractivity contribution in [2.75, 3.05) is 11.9 Å². The van der Waals surface area contributed by atoms with Crippen molar-refractivity contribution in [2.24, 2.45) is 0 Å². The molecule has 20 heavy (non-hydrogen) atoms. The molecule has 0 saturated heterocycles. The number of nitro groups is 1. The van der Waals surface area contributed by atoms with Crippen molar-refractivity contribution < 1.29 is 14.8 Å². The molecule has 1 aromatic heterocycles. The lowest BCUT2D eigenvalue weighted by Gasteiger charge is -2.19. The van der Waals surface area contributed by atoms with E-state index in [4.69, 9.17) is 5.11 Å². The largest absolute Gasteiger partial charge is 0.478 e. The maximum atomic E-state index is 11.0. The Balaban J connectivity index is 2.38. The summed E-state index contributed by atoms with van der Waals surface area (Å²) in [5.74, 6) is -1.02. The predicted octanol–water partition coefficient (Wildman–Crippen LogP) is 2.46. The van der Waals surface area contributed by atoms with Gasteiger partial charge in [-0.1, -0.05) is 0 Å². The van der Waals surface area contributed by atoms with Crippen LogP contribution in [0.5, 0.6) is 0 Å². The van der Waals surface area contributed by atoms with Crippen LogP contribution in [0.4, 0.5) is 17.1 Å². The first-order chi connectivity index (χ1) is 9.50. The van der Waals surface area contributed by atoms with Crippen LogP contribution < -0.4 is 4.90 Å². The second-order valence-corrected chi connectivity index (χ2v) is 4.03. The third kappa shape index (κ3) is 2.56. The van der Waals surface area contributed by atoms with E-state index >= 15 is 0 Å². The van der Waals surface area contributed by atoms with Gasteiger partial charge in [0.05, 0.1) is 10.5 Å². The Kier molecular flexibility index (Phi) is 3.60. The molecule has 1 heterocycles. The van der Waals surface area contributed by atoms with Crippen molar-refractivity contribution in [2.45, 2.75) is 0 Å². The number of carbonyl (C=O) groups is 1. The molecule has 1 aromatic carbocycles. The zero-order valence-corrected chi connectivity index (χ0v) is 10.6. The average Bonchev–Trinajstić information content (AvgIpc) is 2.46. The Morgan fingerprint density at radius 2 is 1.95 bits per heavy atom. The van der Waals surface area contributed by atoms with Gasteiger partial charge in [-0.2, -0.15) is 0 Å². The molecule has 0 aliphatic carbocycles. The number of rotatable bonds is 4. The maximum absolute atomic E-state index is 11.0. The van der Waals surface area contributed by atoms with Gasteiger partial charge < -0.3 is 10.0 Å². The molecule has 0 radical (unpaired) electrons. The van der Waals surface area contributed by atoms with Gasteiger partial charge in [0.2, 0.25) is 0 Å². The number of aromatic nitrogens is 1. The van der Waals surface area contributed by atoms with E-state index < -0.39 is 10.9 Å². The predicted molar refractivity (Wildman–Crippen MR) is 72.4 cm³/mol. The number of anilines is 2. The van der Waals surface area contributed by atoms with Crippen molar-refractivity contribution in [3.05, 3.63) is 58.4 Å². The monoisotopic (exact) mass is 273 g/mol. The van der Waals surface area contributed by atoms with Gasteiger partial charge in [0.15, 0.2) is 0 Å². The molecule has 0 aliphatic rings. The van der Waals surface area contributed by atoms with Crippen molar-refractivity contribution >= 4 is 23.0 Å². The lowest BCUT2D eigenvalue weighted by Crippen LogP contribution is -2.12. The quantitative estimate of drug-likeness (QED) is 0.678. The molecule has 1 N–H and O–H groups in total. The molecule has 0 unspecified atom stereocenters. The second kappa shape index (κ2) is 5.35. The zero-order valence-electron chi connectivity index (χ0n) is 10.6. The second-order valence-electron chi connectivity index (χ2n) is 4.03. The SMILES string of the molecule is CN(c1ccc(C(=O)O)cc1)c1ccncc1[N+](=O)[O-]. The molecule has 7 heteroatoms. The van der Waals surface area contributed by atoms with E-state index in [-0.39, 0.29) is 11.3 Å². The Morgan fingerprint density at radius 1 is 1.30 bits per heavy atom. The molecule has 7 nitrogen and oxygen atoms in total. The molecule has 2 rings (SSSR count). The van der Waals surface area contributed by atoms with Crippen molar-refractivity contribution in [1.82, 2.24) is 4.98 Å². The van der Waals surface area contributed by atoms with Crippen LogP contribution in [-0.4, -0.2) is 28.0 Å². The highest BCUT2D eigenvalue weighted by Gasteiger charge is 2.18. The van der Waals surface area contributed by atoms with Crippen LogP contribution in [-0.2, 0) is 0 Å². The molecule has 0 spiro atoms.